The molecular formula is C10H18N2O2. The monoisotopic (exact) mass is 198 g/mol. The van der Waals surface area contributed by atoms with E-state index in [-0.39, 0.29) is 12.0 Å². The van der Waals surface area contributed by atoms with Crippen LogP contribution in [0.1, 0.15) is 26.7 Å². The number of rotatable bonds is 6. The summed E-state index contributed by atoms with van der Waals surface area (Å²) in [6, 6.07) is 2.29. The maximum Gasteiger partial charge on any atom is 0.307 e. The third-order valence-electron chi connectivity index (χ3n) is 2.11. The number of nitriles is 1. The van der Waals surface area contributed by atoms with E-state index in [1.807, 2.05) is 18.9 Å². The Balaban J connectivity index is 3.68. The van der Waals surface area contributed by atoms with Gasteiger partial charge in [0.05, 0.1) is 25.5 Å². The zero-order valence-corrected chi connectivity index (χ0v) is 9.12. The average Bonchev–Trinajstić information content (AvgIpc) is 2.15. The molecule has 1 atom stereocenters. The summed E-state index contributed by atoms with van der Waals surface area (Å²) in [5, 5.41) is 8.48. The lowest BCUT2D eigenvalue weighted by molar-refractivity contribution is -0.143. The van der Waals surface area contributed by atoms with Crippen molar-refractivity contribution in [2.45, 2.75) is 32.7 Å². The molecule has 0 aliphatic rings. The Bertz CT molecular complexity index is 211. The van der Waals surface area contributed by atoms with Crippen LogP contribution in [0.3, 0.4) is 0 Å². The van der Waals surface area contributed by atoms with E-state index in [1.165, 1.54) is 0 Å². The minimum absolute atomic E-state index is 0.177. The first kappa shape index (κ1) is 12.9. The second-order valence-corrected chi connectivity index (χ2v) is 3.25. The molecule has 0 aliphatic carbocycles. The number of ether oxygens (including phenoxy) is 1. The largest absolute Gasteiger partial charge is 0.466 e. The van der Waals surface area contributed by atoms with Gasteiger partial charge in [0.15, 0.2) is 0 Å². The van der Waals surface area contributed by atoms with Gasteiger partial charge in [0, 0.05) is 12.6 Å². The van der Waals surface area contributed by atoms with Crippen molar-refractivity contribution < 1.29 is 9.53 Å². The molecule has 0 fully saturated rings. The van der Waals surface area contributed by atoms with Gasteiger partial charge in [-0.3, -0.25) is 4.79 Å². The Morgan fingerprint density at radius 3 is 2.79 bits per heavy atom. The summed E-state index contributed by atoms with van der Waals surface area (Å²) in [6.07, 6.45) is 0.874. The SMILES string of the molecule is CCOC(=O)CCN(C)C(C)CC#N. The van der Waals surface area contributed by atoms with Crippen LogP contribution in [0.2, 0.25) is 0 Å². The number of carbonyl (C=O) groups is 1. The van der Waals surface area contributed by atoms with E-state index < -0.39 is 0 Å². The number of nitrogens with zero attached hydrogens (tertiary/aromatic N) is 2. The fraction of sp³-hybridized carbons (Fsp3) is 0.800. The van der Waals surface area contributed by atoms with Crippen molar-refractivity contribution in [3.63, 3.8) is 0 Å². The molecule has 0 amide bonds. The summed E-state index contributed by atoms with van der Waals surface area (Å²) >= 11 is 0. The fourth-order valence-electron chi connectivity index (χ4n) is 1.01. The molecule has 0 radical (unpaired) electrons. The van der Waals surface area contributed by atoms with Crippen LogP contribution in [-0.2, 0) is 9.53 Å². The zero-order chi connectivity index (χ0) is 11.0. The van der Waals surface area contributed by atoms with Crippen molar-refractivity contribution in [1.82, 2.24) is 4.90 Å². The standard InChI is InChI=1S/C10H18N2O2/c1-4-14-10(13)6-8-12(3)9(2)5-7-11/h9H,4-6,8H2,1-3H3. The van der Waals surface area contributed by atoms with Crippen LogP contribution < -0.4 is 0 Å². The topological polar surface area (TPSA) is 53.3 Å². The van der Waals surface area contributed by atoms with Crippen molar-refractivity contribution in [2.75, 3.05) is 20.2 Å². The molecule has 0 spiro atoms. The molecule has 0 rings (SSSR count). The maximum atomic E-state index is 11.0. The summed E-state index contributed by atoms with van der Waals surface area (Å²) in [6.45, 7) is 4.83. The lowest BCUT2D eigenvalue weighted by atomic mass is 10.2. The number of esters is 1. The van der Waals surface area contributed by atoms with Crippen molar-refractivity contribution in [1.29, 1.82) is 5.26 Å². The highest BCUT2D eigenvalue weighted by Gasteiger charge is 2.10. The molecule has 14 heavy (non-hydrogen) atoms. The Morgan fingerprint density at radius 2 is 2.29 bits per heavy atom. The first-order chi connectivity index (χ1) is 6.61. The zero-order valence-electron chi connectivity index (χ0n) is 9.12. The van der Waals surface area contributed by atoms with E-state index in [9.17, 15) is 4.79 Å². The average molecular weight is 198 g/mol. The minimum atomic E-state index is -0.177. The third-order valence-corrected chi connectivity index (χ3v) is 2.11. The minimum Gasteiger partial charge on any atom is -0.466 e. The normalized spacial score (nSPS) is 12.2. The van der Waals surface area contributed by atoms with E-state index in [2.05, 4.69) is 6.07 Å². The van der Waals surface area contributed by atoms with Gasteiger partial charge in [-0.2, -0.15) is 5.26 Å². The van der Waals surface area contributed by atoms with E-state index in [0.29, 0.717) is 26.0 Å². The van der Waals surface area contributed by atoms with E-state index in [0.717, 1.165) is 0 Å². The summed E-state index contributed by atoms with van der Waals surface area (Å²) in [7, 11) is 1.90. The van der Waals surface area contributed by atoms with Gasteiger partial charge in [-0.05, 0) is 20.9 Å². The molecule has 0 aromatic heterocycles. The van der Waals surface area contributed by atoms with Crippen molar-refractivity contribution in [3.05, 3.63) is 0 Å². The molecule has 1 unspecified atom stereocenters. The quantitative estimate of drug-likeness (QED) is 0.601. The van der Waals surface area contributed by atoms with Gasteiger partial charge in [-0.1, -0.05) is 0 Å². The highest BCUT2D eigenvalue weighted by atomic mass is 16.5. The molecule has 0 aromatic rings. The Kier molecular flexibility index (Phi) is 6.77. The lowest BCUT2D eigenvalue weighted by Gasteiger charge is -2.21. The number of hydrogen-bond acceptors (Lipinski definition) is 4. The molecule has 4 heteroatoms. The van der Waals surface area contributed by atoms with Gasteiger partial charge in [0.1, 0.15) is 0 Å². The maximum absolute atomic E-state index is 11.0. The smallest absolute Gasteiger partial charge is 0.307 e. The highest BCUT2D eigenvalue weighted by molar-refractivity contribution is 5.69. The van der Waals surface area contributed by atoms with Crippen LogP contribution in [0.15, 0.2) is 0 Å². The van der Waals surface area contributed by atoms with Crippen LogP contribution in [0.5, 0.6) is 0 Å². The van der Waals surface area contributed by atoms with Gasteiger partial charge >= 0.3 is 5.97 Å². The lowest BCUT2D eigenvalue weighted by Crippen LogP contribution is -2.31. The molecule has 4 nitrogen and oxygen atoms in total. The Labute approximate surface area is 85.5 Å². The first-order valence-corrected chi connectivity index (χ1v) is 4.84. The van der Waals surface area contributed by atoms with E-state index >= 15 is 0 Å². The fourth-order valence-corrected chi connectivity index (χ4v) is 1.01. The first-order valence-electron chi connectivity index (χ1n) is 4.84. The van der Waals surface area contributed by atoms with Crippen LogP contribution >= 0.6 is 0 Å². The van der Waals surface area contributed by atoms with E-state index in [1.54, 1.807) is 6.92 Å². The molecule has 0 bridgehead atoms. The summed E-state index contributed by atoms with van der Waals surface area (Å²) < 4.78 is 4.80. The molecular weight excluding hydrogens is 180 g/mol. The van der Waals surface area contributed by atoms with Gasteiger partial charge in [0.25, 0.3) is 0 Å². The number of hydrogen-bond donors (Lipinski definition) is 0. The van der Waals surface area contributed by atoms with Gasteiger partial charge in [-0.25, -0.2) is 0 Å². The summed E-state index contributed by atoms with van der Waals surface area (Å²) in [5.41, 5.74) is 0. The van der Waals surface area contributed by atoms with Crippen LogP contribution in [0, 0.1) is 11.3 Å². The molecule has 0 saturated carbocycles. The van der Waals surface area contributed by atoms with Crippen molar-refractivity contribution >= 4 is 5.97 Å². The molecule has 0 aliphatic heterocycles. The molecule has 80 valence electrons. The number of carbonyl (C=O) groups excluding carboxylic acids is 1. The molecule has 0 heterocycles. The van der Waals surface area contributed by atoms with E-state index in [4.69, 9.17) is 10.00 Å². The van der Waals surface area contributed by atoms with Gasteiger partial charge < -0.3 is 9.64 Å². The Hall–Kier alpha value is -1.08. The second-order valence-electron chi connectivity index (χ2n) is 3.25. The van der Waals surface area contributed by atoms with Crippen molar-refractivity contribution in [3.8, 4) is 6.07 Å². The van der Waals surface area contributed by atoms with Crippen LogP contribution in [0.25, 0.3) is 0 Å². The summed E-state index contributed by atoms with van der Waals surface area (Å²) in [5.74, 6) is -0.177. The third kappa shape index (κ3) is 5.55. The van der Waals surface area contributed by atoms with Crippen LogP contribution in [-0.4, -0.2) is 37.1 Å². The Morgan fingerprint density at radius 1 is 1.64 bits per heavy atom. The molecule has 0 saturated heterocycles. The van der Waals surface area contributed by atoms with Gasteiger partial charge in [0.2, 0.25) is 0 Å². The predicted octanol–water partition coefficient (Wildman–Crippen LogP) is 1.17. The van der Waals surface area contributed by atoms with Crippen LogP contribution in [0.4, 0.5) is 0 Å². The van der Waals surface area contributed by atoms with Gasteiger partial charge in [-0.15, -0.1) is 0 Å². The second kappa shape index (κ2) is 7.34. The molecule has 0 aromatic carbocycles. The highest BCUT2D eigenvalue weighted by Crippen LogP contribution is 2.01. The summed E-state index contributed by atoms with van der Waals surface area (Å²) in [4.78, 5) is 13.0. The molecule has 0 N–H and O–H groups in total. The van der Waals surface area contributed by atoms with Crippen molar-refractivity contribution in [2.24, 2.45) is 0 Å². The predicted molar refractivity (Wildman–Crippen MR) is 53.6 cm³/mol.